The average Bonchev–Trinajstić information content (AvgIpc) is 3.54. The SMILES string of the molecule is O=C1[C@@H]2[C@H]3C[C@@H]([C@@H]4C(c5ccc(Cl)cc5)=NO[C@@H]34)[C@@H]2C(=O)N1c1ccc2ccccc2c1. The molecule has 0 radical (unpaired) electrons. The lowest BCUT2D eigenvalue weighted by Crippen LogP contribution is -2.41. The van der Waals surface area contributed by atoms with E-state index in [1.54, 1.807) is 0 Å². The summed E-state index contributed by atoms with van der Waals surface area (Å²) in [6.07, 6.45) is 0.695. The normalized spacial score (nSPS) is 32.3. The summed E-state index contributed by atoms with van der Waals surface area (Å²) in [6, 6.07) is 21.3. The summed E-state index contributed by atoms with van der Waals surface area (Å²) in [5, 5.41) is 7.16. The molecule has 158 valence electrons. The Hall–Kier alpha value is -3.18. The van der Waals surface area contributed by atoms with E-state index in [0.29, 0.717) is 10.7 Å². The van der Waals surface area contributed by atoms with Crippen LogP contribution >= 0.6 is 11.6 Å². The van der Waals surface area contributed by atoms with Crippen LogP contribution in [0.4, 0.5) is 5.69 Å². The van der Waals surface area contributed by atoms with Crippen LogP contribution in [0.3, 0.4) is 0 Å². The van der Waals surface area contributed by atoms with Crippen molar-refractivity contribution in [3.05, 3.63) is 77.3 Å². The fraction of sp³-hybridized carbons (Fsp3) is 0.269. The summed E-state index contributed by atoms with van der Waals surface area (Å²) in [7, 11) is 0. The summed E-state index contributed by atoms with van der Waals surface area (Å²) in [5.41, 5.74) is 2.50. The molecule has 2 aliphatic heterocycles. The smallest absolute Gasteiger partial charge is 0.238 e. The van der Waals surface area contributed by atoms with Gasteiger partial charge in [0.05, 0.1) is 23.2 Å². The minimum atomic E-state index is -0.319. The van der Waals surface area contributed by atoms with E-state index in [2.05, 4.69) is 5.16 Å². The first-order valence-corrected chi connectivity index (χ1v) is 11.4. The highest BCUT2D eigenvalue weighted by Crippen LogP contribution is 2.62. The minimum absolute atomic E-state index is 0.0189. The number of hydrogen-bond donors (Lipinski definition) is 0. The lowest BCUT2D eigenvalue weighted by Gasteiger charge is -2.29. The summed E-state index contributed by atoms with van der Waals surface area (Å²) in [5.74, 6) is -0.678. The molecule has 2 aliphatic carbocycles. The lowest BCUT2D eigenvalue weighted by atomic mass is 9.71. The van der Waals surface area contributed by atoms with Crippen molar-refractivity contribution in [3.63, 3.8) is 0 Å². The Morgan fingerprint density at radius 1 is 0.844 bits per heavy atom. The molecule has 2 bridgehead atoms. The molecule has 3 fully saturated rings. The Morgan fingerprint density at radius 2 is 1.56 bits per heavy atom. The van der Waals surface area contributed by atoms with Gasteiger partial charge in [0.2, 0.25) is 11.8 Å². The van der Waals surface area contributed by atoms with Gasteiger partial charge in [-0.1, -0.05) is 59.2 Å². The fourth-order valence-electron chi connectivity index (χ4n) is 6.56. The topological polar surface area (TPSA) is 59.0 Å². The van der Waals surface area contributed by atoms with Crippen LogP contribution < -0.4 is 4.90 Å². The molecule has 0 N–H and O–H groups in total. The molecule has 6 heteroatoms. The molecule has 7 rings (SSSR count). The van der Waals surface area contributed by atoms with E-state index in [-0.39, 0.29) is 47.5 Å². The number of nitrogens with zero attached hydrogens (tertiary/aromatic N) is 2. The molecule has 3 aromatic carbocycles. The standard InChI is InChI=1S/C26H19ClN2O3/c27-16-8-5-14(6-9-16)23-22-18-12-19(24(22)32-28-23)21-20(18)25(30)29(26(21)31)17-10-7-13-3-1-2-4-15(13)11-17/h1-11,18-22,24H,12H2/t18-,19-,20+,21-,22-,24+/m1/s1. The number of imide groups is 1. The summed E-state index contributed by atoms with van der Waals surface area (Å²) < 4.78 is 0. The van der Waals surface area contributed by atoms with Gasteiger partial charge in [-0.15, -0.1) is 0 Å². The number of rotatable bonds is 2. The van der Waals surface area contributed by atoms with Crippen LogP contribution in [0, 0.1) is 29.6 Å². The second kappa shape index (κ2) is 6.42. The summed E-state index contributed by atoms with van der Waals surface area (Å²) in [4.78, 5) is 34.4. The van der Waals surface area contributed by atoms with Crippen LogP contribution in [-0.2, 0) is 14.4 Å². The lowest BCUT2D eigenvalue weighted by molar-refractivity contribution is -0.125. The third-order valence-electron chi connectivity index (χ3n) is 7.82. The second-order valence-electron chi connectivity index (χ2n) is 9.24. The second-order valence-corrected chi connectivity index (χ2v) is 9.67. The van der Waals surface area contributed by atoms with Crippen molar-refractivity contribution in [1.82, 2.24) is 0 Å². The molecule has 0 spiro atoms. The van der Waals surface area contributed by atoms with Gasteiger partial charge in [-0.25, -0.2) is 0 Å². The van der Waals surface area contributed by atoms with Gasteiger partial charge in [-0.3, -0.25) is 14.5 Å². The number of anilines is 1. The Morgan fingerprint density at radius 3 is 2.34 bits per heavy atom. The van der Waals surface area contributed by atoms with Crippen molar-refractivity contribution in [2.75, 3.05) is 4.90 Å². The highest BCUT2D eigenvalue weighted by molar-refractivity contribution is 6.30. The first kappa shape index (κ1) is 18.4. The van der Waals surface area contributed by atoms with Gasteiger partial charge in [0, 0.05) is 16.9 Å². The number of hydrogen-bond acceptors (Lipinski definition) is 4. The van der Waals surface area contributed by atoms with E-state index < -0.39 is 0 Å². The molecule has 2 amide bonds. The largest absolute Gasteiger partial charge is 0.391 e. The van der Waals surface area contributed by atoms with E-state index in [9.17, 15) is 9.59 Å². The van der Waals surface area contributed by atoms with Crippen molar-refractivity contribution >= 4 is 45.6 Å². The molecule has 32 heavy (non-hydrogen) atoms. The quantitative estimate of drug-likeness (QED) is 0.542. The molecule has 1 saturated heterocycles. The van der Waals surface area contributed by atoms with Gasteiger partial charge in [-0.2, -0.15) is 0 Å². The molecular formula is C26H19ClN2O3. The predicted octanol–water partition coefficient (Wildman–Crippen LogP) is 4.67. The van der Waals surface area contributed by atoms with Crippen molar-refractivity contribution in [1.29, 1.82) is 0 Å². The molecule has 6 atom stereocenters. The van der Waals surface area contributed by atoms with Gasteiger partial charge in [0.1, 0.15) is 6.10 Å². The number of carbonyl (C=O) groups is 2. The minimum Gasteiger partial charge on any atom is -0.391 e. The van der Waals surface area contributed by atoms with E-state index >= 15 is 0 Å². The van der Waals surface area contributed by atoms with Crippen LogP contribution in [0.15, 0.2) is 71.9 Å². The first-order valence-electron chi connectivity index (χ1n) is 11.0. The van der Waals surface area contributed by atoms with Crippen molar-refractivity contribution in [2.45, 2.75) is 12.5 Å². The fourth-order valence-corrected chi connectivity index (χ4v) is 6.68. The highest BCUT2D eigenvalue weighted by atomic mass is 35.5. The Bertz CT molecular complexity index is 1330. The number of amides is 2. The summed E-state index contributed by atoms with van der Waals surface area (Å²) >= 11 is 6.05. The molecule has 2 heterocycles. The van der Waals surface area contributed by atoms with E-state index in [1.807, 2.05) is 66.7 Å². The van der Waals surface area contributed by atoms with E-state index in [1.165, 1.54) is 4.90 Å². The molecular weight excluding hydrogens is 424 g/mol. The van der Waals surface area contributed by atoms with Gasteiger partial charge < -0.3 is 4.84 Å². The van der Waals surface area contributed by atoms with Crippen LogP contribution in [-0.4, -0.2) is 23.6 Å². The third kappa shape index (κ3) is 2.32. The Balaban J connectivity index is 1.25. The predicted molar refractivity (Wildman–Crippen MR) is 121 cm³/mol. The first-order chi connectivity index (χ1) is 15.6. The zero-order valence-corrected chi connectivity index (χ0v) is 17.8. The monoisotopic (exact) mass is 442 g/mol. The zero-order valence-electron chi connectivity index (χ0n) is 17.0. The maximum atomic E-state index is 13.6. The molecule has 5 nitrogen and oxygen atoms in total. The van der Waals surface area contributed by atoms with Gasteiger partial charge in [-0.05, 0) is 52.9 Å². The Labute approximate surface area is 189 Å². The molecule has 3 aromatic rings. The third-order valence-corrected chi connectivity index (χ3v) is 8.07. The maximum Gasteiger partial charge on any atom is 0.238 e. The van der Waals surface area contributed by atoms with Gasteiger partial charge in [0.15, 0.2) is 0 Å². The zero-order chi connectivity index (χ0) is 21.6. The van der Waals surface area contributed by atoms with Crippen LogP contribution in [0.25, 0.3) is 10.8 Å². The van der Waals surface area contributed by atoms with Gasteiger partial charge >= 0.3 is 0 Å². The van der Waals surface area contributed by atoms with Gasteiger partial charge in [0.25, 0.3) is 0 Å². The van der Waals surface area contributed by atoms with E-state index in [4.69, 9.17) is 16.4 Å². The van der Waals surface area contributed by atoms with E-state index in [0.717, 1.165) is 28.5 Å². The average molecular weight is 443 g/mol. The van der Waals surface area contributed by atoms with Crippen LogP contribution in [0.2, 0.25) is 5.02 Å². The van der Waals surface area contributed by atoms with Crippen molar-refractivity contribution in [3.8, 4) is 0 Å². The summed E-state index contributed by atoms with van der Waals surface area (Å²) in [6.45, 7) is 0. The molecule has 0 unspecified atom stereocenters. The highest BCUT2D eigenvalue weighted by Gasteiger charge is 2.70. The Kier molecular flexibility index (Phi) is 3.69. The maximum absolute atomic E-state index is 13.6. The van der Waals surface area contributed by atoms with Crippen molar-refractivity contribution < 1.29 is 14.4 Å². The van der Waals surface area contributed by atoms with Crippen molar-refractivity contribution in [2.24, 2.45) is 34.7 Å². The molecule has 4 aliphatic rings. The van der Waals surface area contributed by atoms with Crippen LogP contribution in [0.1, 0.15) is 12.0 Å². The van der Waals surface area contributed by atoms with Crippen LogP contribution in [0.5, 0.6) is 0 Å². The number of benzene rings is 3. The number of carbonyl (C=O) groups excluding carboxylic acids is 2. The number of fused-ring (bicyclic) bond motifs is 9. The number of halogens is 1. The molecule has 2 saturated carbocycles. The molecule has 0 aromatic heterocycles. The number of oxime groups is 1.